The highest BCUT2D eigenvalue weighted by Gasteiger charge is 2.53. The van der Waals surface area contributed by atoms with Crippen LogP contribution in [0.2, 0.25) is 0 Å². The Hall–Kier alpha value is -1.98. The summed E-state index contributed by atoms with van der Waals surface area (Å²) >= 11 is 0. The summed E-state index contributed by atoms with van der Waals surface area (Å²) < 4.78 is 5.10. The molecule has 0 aromatic carbocycles. The zero-order valence-electron chi connectivity index (χ0n) is 15.5. The van der Waals surface area contributed by atoms with Crippen molar-refractivity contribution in [2.75, 3.05) is 6.61 Å². The van der Waals surface area contributed by atoms with Crippen LogP contribution in [-0.4, -0.2) is 34.5 Å². The maximum absolute atomic E-state index is 12.3. The second-order valence-corrected chi connectivity index (χ2v) is 8.69. The Morgan fingerprint density at radius 2 is 1.77 bits per heavy atom. The van der Waals surface area contributed by atoms with Crippen molar-refractivity contribution in [2.24, 2.45) is 23.2 Å². The lowest BCUT2D eigenvalue weighted by molar-refractivity contribution is -0.128. The number of nitrogens with one attached hydrogen (secondary N) is 1. The van der Waals surface area contributed by atoms with Crippen molar-refractivity contribution in [3.8, 4) is 0 Å². The quantitative estimate of drug-likeness (QED) is 0.820. The highest BCUT2D eigenvalue weighted by atomic mass is 16.5. The van der Waals surface area contributed by atoms with Crippen molar-refractivity contribution in [1.82, 2.24) is 15.3 Å². The second-order valence-electron chi connectivity index (χ2n) is 8.69. The van der Waals surface area contributed by atoms with Crippen LogP contribution in [0.3, 0.4) is 0 Å². The van der Waals surface area contributed by atoms with Gasteiger partial charge in [0.2, 0.25) is 0 Å². The summed E-state index contributed by atoms with van der Waals surface area (Å²) in [5.74, 6) is 1.69. The zero-order chi connectivity index (χ0) is 18.3. The van der Waals surface area contributed by atoms with Crippen molar-refractivity contribution >= 4 is 11.9 Å². The molecule has 0 radical (unpaired) electrons. The molecular formula is C20H27N3O3. The Morgan fingerprint density at radius 1 is 1.15 bits per heavy atom. The third kappa shape index (κ3) is 3.33. The van der Waals surface area contributed by atoms with Gasteiger partial charge in [-0.3, -0.25) is 9.78 Å². The minimum Gasteiger partial charge on any atom is -0.451 e. The summed E-state index contributed by atoms with van der Waals surface area (Å²) in [6, 6.07) is 0.126. The molecule has 1 amide bonds. The molecular weight excluding hydrogens is 330 g/mol. The molecule has 4 fully saturated rings. The van der Waals surface area contributed by atoms with Gasteiger partial charge in [-0.2, -0.15) is 0 Å². The van der Waals surface area contributed by atoms with E-state index < -0.39 is 5.97 Å². The van der Waals surface area contributed by atoms with Crippen LogP contribution in [0.4, 0.5) is 0 Å². The van der Waals surface area contributed by atoms with Crippen LogP contribution in [0.5, 0.6) is 0 Å². The molecule has 5 rings (SSSR count). The van der Waals surface area contributed by atoms with Crippen molar-refractivity contribution in [2.45, 2.75) is 58.4 Å². The van der Waals surface area contributed by atoms with E-state index >= 15 is 0 Å². The van der Waals surface area contributed by atoms with Gasteiger partial charge in [-0.15, -0.1) is 0 Å². The van der Waals surface area contributed by atoms with Gasteiger partial charge in [0.05, 0.1) is 11.9 Å². The van der Waals surface area contributed by atoms with Crippen molar-refractivity contribution < 1.29 is 14.3 Å². The van der Waals surface area contributed by atoms with Gasteiger partial charge >= 0.3 is 5.97 Å². The minimum absolute atomic E-state index is 0.123. The summed E-state index contributed by atoms with van der Waals surface area (Å²) in [7, 11) is 0. The maximum Gasteiger partial charge on any atom is 0.359 e. The molecule has 4 saturated carbocycles. The summed E-state index contributed by atoms with van der Waals surface area (Å²) in [6.07, 6.45) is 10.7. The number of nitrogens with zero attached hydrogens (tertiary/aromatic N) is 2. The van der Waals surface area contributed by atoms with Crippen LogP contribution in [0, 0.1) is 30.1 Å². The fraction of sp³-hybridized carbons (Fsp3) is 0.700. The first kappa shape index (κ1) is 17.4. The molecule has 4 aliphatic carbocycles. The van der Waals surface area contributed by atoms with Gasteiger partial charge in [0.15, 0.2) is 12.3 Å². The normalized spacial score (nSPS) is 32.9. The van der Waals surface area contributed by atoms with Gasteiger partial charge in [-0.25, -0.2) is 9.78 Å². The summed E-state index contributed by atoms with van der Waals surface area (Å²) in [5.41, 5.74) is 1.10. The molecule has 0 spiro atoms. The van der Waals surface area contributed by atoms with Crippen LogP contribution >= 0.6 is 0 Å². The Labute approximate surface area is 154 Å². The minimum atomic E-state index is -0.616. The number of aromatic nitrogens is 2. The molecule has 6 heteroatoms. The molecule has 1 aromatic heterocycles. The summed E-state index contributed by atoms with van der Waals surface area (Å²) in [6.45, 7) is 3.64. The van der Waals surface area contributed by atoms with Crippen LogP contribution in [0.25, 0.3) is 0 Å². The monoisotopic (exact) mass is 357 g/mol. The van der Waals surface area contributed by atoms with E-state index in [1.54, 1.807) is 6.92 Å². The van der Waals surface area contributed by atoms with Gasteiger partial charge in [-0.1, -0.05) is 0 Å². The largest absolute Gasteiger partial charge is 0.451 e. The fourth-order valence-corrected chi connectivity index (χ4v) is 5.85. The van der Waals surface area contributed by atoms with Gasteiger partial charge < -0.3 is 10.1 Å². The van der Waals surface area contributed by atoms with Crippen LogP contribution in [0.1, 0.15) is 61.6 Å². The first-order chi connectivity index (χ1) is 12.4. The zero-order valence-corrected chi connectivity index (χ0v) is 15.5. The molecule has 0 aliphatic heterocycles. The lowest BCUT2D eigenvalue weighted by Crippen LogP contribution is -2.56. The van der Waals surface area contributed by atoms with Crippen molar-refractivity contribution in [3.63, 3.8) is 0 Å². The summed E-state index contributed by atoms with van der Waals surface area (Å²) in [4.78, 5) is 32.3. The van der Waals surface area contributed by atoms with Crippen molar-refractivity contribution in [3.05, 3.63) is 23.8 Å². The van der Waals surface area contributed by atoms with E-state index in [9.17, 15) is 9.59 Å². The Kier molecular flexibility index (Phi) is 4.45. The fourth-order valence-electron chi connectivity index (χ4n) is 5.85. The molecule has 4 aliphatic rings. The van der Waals surface area contributed by atoms with E-state index in [0.29, 0.717) is 0 Å². The number of esters is 1. The molecule has 1 aromatic rings. The lowest BCUT2D eigenvalue weighted by atomic mass is 9.48. The number of carbonyl (C=O) groups is 2. The van der Waals surface area contributed by atoms with E-state index in [1.165, 1.54) is 50.9 Å². The summed E-state index contributed by atoms with van der Waals surface area (Å²) in [5, 5.41) is 3.10. The average molecular weight is 357 g/mol. The number of amides is 1. The highest BCUT2D eigenvalue weighted by Crippen LogP contribution is 2.61. The van der Waals surface area contributed by atoms with E-state index in [4.69, 9.17) is 4.74 Å². The molecule has 1 heterocycles. The highest BCUT2D eigenvalue weighted by molar-refractivity contribution is 5.89. The van der Waals surface area contributed by atoms with Gasteiger partial charge in [0.25, 0.3) is 5.91 Å². The SMILES string of the molecule is Cc1cnc(C(=O)OCC(=O)N[C@H](C)C23CC4CC(CC(C4)C2)C3)cn1. The molecule has 26 heavy (non-hydrogen) atoms. The van der Waals surface area contributed by atoms with Gasteiger partial charge in [0.1, 0.15) is 0 Å². The number of hydrogen-bond acceptors (Lipinski definition) is 5. The molecule has 6 nitrogen and oxygen atoms in total. The molecule has 1 N–H and O–H groups in total. The molecule has 0 saturated heterocycles. The smallest absolute Gasteiger partial charge is 0.359 e. The van der Waals surface area contributed by atoms with Crippen LogP contribution < -0.4 is 5.32 Å². The molecule has 140 valence electrons. The van der Waals surface area contributed by atoms with E-state index in [1.807, 2.05) is 0 Å². The van der Waals surface area contributed by atoms with E-state index in [2.05, 4.69) is 22.2 Å². The molecule has 1 atom stereocenters. The van der Waals surface area contributed by atoms with Crippen LogP contribution in [0.15, 0.2) is 12.4 Å². The number of aryl methyl sites for hydroxylation is 1. The number of carbonyl (C=O) groups excluding carboxylic acids is 2. The Balaban J connectivity index is 1.31. The molecule has 0 unspecified atom stereocenters. The first-order valence-electron chi connectivity index (χ1n) is 9.69. The van der Waals surface area contributed by atoms with E-state index in [-0.39, 0.29) is 29.7 Å². The standard InChI is InChI=1S/C20H27N3O3/c1-12-9-22-17(10-21-12)19(25)26-11-18(24)23-13(2)20-6-14-3-15(7-20)5-16(4-14)8-20/h9-10,13-16H,3-8,11H2,1-2H3,(H,23,24)/t13-,14?,15?,16?,20?/m1/s1. The maximum atomic E-state index is 12.3. The third-order valence-corrected chi connectivity index (χ3v) is 6.71. The topological polar surface area (TPSA) is 81.2 Å². The lowest BCUT2D eigenvalue weighted by Gasteiger charge is -2.59. The van der Waals surface area contributed by atoms with Crippen LogP contribution in [-0.2, 0) is 9.53 Å². The molecule has 4 bridgehead atoms. The van der Waals surface area contributed by atoms with Gasteiger partial charge in [0, 0.05) is 12.2 Å². The van der Waals surface area contributed by atoms with Crippen molar-refractivity contribution in [1.29, 1.82) is 0 Å². The van der Waals surface area contributed by atoms with Gasteiger partial charge in [-0.05, 0) is 75.5 Å². The predicted molar refractivity (Wildman–Crippen MR) is 95.3 cm³/mol. The Morgan fingerprint density at radius 3 is 2.31 bits per heavy atom. The number of ether oxygens (including phenoxy) is 1. The first-order valence-corrected chi connectivity index (χ1v) is 9.69. The van der Waals surface area contributed by atoms with E-state index in [0.717, 1.165) is 23.4 Å². The Bertz CT molecular complexity index is 665. The predicted octanol–water partition coefficient (Wildman–Crippen LogP) is 2.66. The average Bonchev–Trinajstić information content (AvgIpc) is 2.59. The second kappa shape index (κ2) is 6.63. The number of rotatable bonds is 5. The number of hydrogen-bond donors (Lipinski definition) is 1. The third-order valence-electron chi connectivity index (χ3n) is 6.71.